The summed E-state index contributed by atoms with van der Waals surface area (Å²) in [5.74, 6) is 1.77. The molecule has 162 valence electrons. The Balaban J connectivity index is 1.71. The van der Waals surface area contributed by atoms with E-state index in [1.54, 1.807) is 7.11 Å². The van der Waals surface area contributed by atoms with E-state index < -0.39 is 0 Å². The molecular weight excluding hydrogens is 366 g/mol. The Bertz CT molecular complexity index is 665. The zero-order valence-electron chi connectivity index (χ0n) is 18.0. The quantitative estimate of drug-likeness (QED) is 0.437. The first-order valence-electron chi connectivity index (χ1n) is 11.0. The van der Waals surface area contributed by atoms with E-state index in [4.69, 9.17) is 14.5 Å². The predicted molar refractivity (Wildman–Crippen MR) is 117 cm³/mol. The normalized spacial score (nSPS) is 23.9. The molecule has 1 aliphatic heterocycles. The fourth-order valence-corrected chi connectivity index (χ4v) is 4.70. The molecule has 0 spiro atoms. The van der Waals surface area contributed by atoms with Crippen molar-refractivity contribution in [1.29, 1.82) is 0 Å². The van der Waals surface area contributed by atoms with Crippen LogP contribution in [0.1, 0.15) is 51.0 Å². The van der Waals surface area contributed by atoms with Crippen LogP contribution in [0.25, 0.3) is 0 Å². The van der Waals surface area contributed by atoms with E-state index in [1.165, 1.54) is 31.2 Å². The van der Waals surface area contributed by atoms with Gasteiger partial charge in [-0.25, -0.2) is 0 Å². The lowest BCUT2D eigenvalue weighted by atomic mass is 9.78. The number of aliphatic imine (C=N–C) groups is 1. The van der Waals surface area contributed by atoms with Crippen molar-refractivity contribution < 1.29 is 14.6 Å². The van der Waals surface area contributed by atoms with Gasteiger partial charge in [0.25, 0.3) is 0 Å². The lowest BCUT2D eigenvalue weighted by molar-refractivity contribution is 0.131. The van der Waals surface area contributed by atoms with E-state index in [0.717, 1.165) is 44.2 Å². The van der Waals surface area contributed by atoms with Crippen LogP contribution in [0.3, 0.4) is 0 Å². The number of hydrogen-bond acceptors (Lipinski definition) is 4. The molecule has 1 heterocycles. The minimum atomic E-state index is -0.0328. The van der Waals surface area contributed by atoms with Crippen molar-refractivity contribution in [2.75, 3.05) is 46.6 Å². The van der Waals surface area contributed by atoms with Crippen molar-refractivity contribution in [3.63, 3.8) is 0 Å². The second-order valence-electron chi connectivity index (χ2n) is 8.54. The zero-order valence-corrected chi connectivity index (χ0v) is 18.0. The largest absolute Gasteiger partial charge is 0.497 e. The summed E-state index contributed by atoms with van der Waals surface area (Å²) < 4.78 is 11.1. The number of aliphatic hydroxyl groups is 1. The molecule has 1 aromatic carbocycles. The molecule has 1 saturated carbocycles. The SMILES string of the molecule is CCNC(=NCC1(CCO)CCOC1)NCC1(c2cccc(OC)c2)CCCC1. The van der Waals surface area contributed by atoms with Gasteiger partial charge < -0.3 is 25.2 Å². The Morgan fingerprint density at radius 2 is 2.07 bits per heavy atom. The Hall–Kier alpha value is -1.79. The monoisotopic (exact) mass is 403 g/mol. The highest BCUT2D eigenvalue weighted by Crippen LogP contribution is 2.41. The van der Waals surface area contributed by atoms with E-state index in [9.17, 15) is 5.11 Å². The summed E-state index contributed by atoms with van der Waals surface area (Å²) in [6.45, 7) is 6.07. The van der Waals surface area contributed by atoms with Crippen LogP contribution in [0.2, 0.25) is 0 Å². The predicted octanol–water partition coefficient (Wildman–Crippen LogP) is 2.85. The summed E-state index contributed by atoms with van der Waals surface area (Å²) in [5.41, 5.74) is 1.43. The minimum Gasteiger partial charge on any atom is -0.497 e. The van der Waals surface area contributed by atoms with Crippen LogP contribution in [-0.4, -0.2) is 57.6 Å². The summed E-state index contributed by atoms with van der Waals surface area (Å²) in [5, 5.41) is 16.5. The number of hydrogen-bond donors (Lipinski definition) is 3. The molecule has 2 fully saturated rings. The molecule has 0 bridgehead atoms. The lowest BCUT2D eigenvalue weighted by Gasteiger charge is -2.31. The van der Waals surface area contributed by atoms with Crippen molar-refractivity contribution in [3.8, 4) is 5.75 Å². The highest BCUT2D eigenvalue weighted by Gasteiger charge is 2.37. The first kappa shape index (κ1) is 21.9. The van der Waals surface area contributed by atoms with Crippen LogP contribution in [0.5, 0.6) is 5.75 Å². The third kappa shape index (κ3) is 5.43. The van der Waals surface area contributed by atoms with Crippen molar-refractivity contribution in [1.82, 2.24) is 10.6 Å². The molecule has 29 heavy (non-hydrogen) atoms. The maximum absolute atomic E-state index is 9.46. The number of nitrogens with one attached hydrogen (secondary N) is 2. The van der Waals surface area contributed by atoms with Crippen LogP contribution in [0.15, 0.2) is 29.3 Å². The molecule has 1 saturated heterocycles. The van der Waals surface area contributed by atoms with E-state index in [2.05, 4.69) is 35.8 Å². The number of ether oxygens (including phenoxy) is 2. The molecule has 3 rings (SSSR count). The number of aliphatic hydroxyl groups excluding tert-OH is 1. The third-order valence-electron chi connectivity index (χ3n) is 6.58. The maximum atomic E-state index is 9.46. The summed E-state index contributed by atoms with van der Waals surface area (Å²) in [6, 6.07) is 8.51. The van der Waals surface area contributed by atoms with Crippen molar-refractivity contribution in [2.24, 2.45) is 10.4 Å². The molecule has 3 N–H and O–H groups in total. The van der Waals surface area contributed by atoms with Gasteiger partial charge in [-0.15, -0.1) is 0 Å². The molecule has 1 aliphatic carbocycles. The second-order valence-corrected chi connectivity index (χ2v) is 8.54. The highest BCUT2D eigenvalue weighted by molar-refractivity contribution is 5.80. The summed E-state index contributed by atoms with van der Waals surface area (Å²) in [7, 11) is 1.73. The van der Waals surface area contributed by atoms with Gasteiger partial charge in [0, 0.05) is 37.1 Å². The Kier molecular flexibility index (Phi) is 7.78. The van der Waals surface area contributed by atoms with Crippen molar-refractivity contribution in [2.45, 2.75) is 50.9 Å². The second kappa shape index (κ2) is 10.3. The average molecular weight is 404 g/mol. The van der Waals surface area contributed by atoms with Gasteiger partial charge >= 0.3 is 0 Å². The fourth-order valence-electron chi connectivity index (χ4n) is 4.70. The first-order valence-corrected chi connectivity index (χ1v) is 11.0. The molecule has 0 amide bonds. The standard InChI is InChI=1S/C23H37N3O3/c1-3-24-21(25-16-22(11-13-27)12-14-29-18-22)26-17-23(9-4-5-10-23)19-7-6-8-20(15-19)28-2/h6-8,15,27H,3-5,9-14,16-18H2,1-2H3,(H2,24,25,26). The maximum Gasteiger partial charge on any atom is 0.191 e. The molecule has 0 aromatic heterocycles. The molecule has 2 aliphatic rings. The highest BCUT2D eigenvalue weighted by atomic mass is 16.5. The van der Waals surface area contributed by atoms with Crippen LogP contribution in [0.4, 0.5) is 0 Å². The van der Waals surface area contributed by atoms with Crippen molar-refractivity contribution >= 4 is 5.96 Å². The Morgan fingerprint density at radius 3 is 2.72 bits per heavy atom. The van der Waals surface area contributed by atoms with E-state index in [-0.39, 0.29) is 17.4 Å². The van der Waals surface area contributed by atoms with E-state index >= 15 is 0 Å². The minimum absolute atomic E-state index is 0.0328. The Morgan fingerprint density at radius 1 is 1.24 bits per heavy atom. The fraction of sp³-hybridized carbons (Fsp3) is 0.696. The van der Waals surface area contributed by atoms with Crippen LogP contribution in [-0.2, 0) is 10.2 Å². The molecule has 6 nitrogen and oxygen atoms in total. The van der Waals surface area contributed by atoms with Gasteiger partial charge in [-0.05, 0) is 50.3 Å². The number of guanidine groups is 1. The van der Waals surface area contributed by atoms with Crippen LogP contribution < -0.4 is 15.4 Å². The summed E-state index contributed by atoms with van der Waals surface area (Å²) in [6.07, 6.45) is 6.56. The number of nitrogens with zero attached hydrogens (tertiary/aromatic N) is 1. The molecule has 1 aromatic rings. The Labute approximate surface area is 175 Å². The van der Waals surface area contributed by atoms with Gasteiger partial charge in [-0.2, -0.15) is 0 Å². The van der Waals surface area contributed by atoms with Gasteiger partial charge in [0.1, 0.15) is 5.75 Å². The van der Waals surface area contributed by atoms with Crippen LogP contribution >= 0.6 is 0 Å². The van der Waals surface area contributed by atoms with Gasteiger partial charge in [0.15, 0.2) is 5.96 Å². The van der Waals surface area contributed by atoms with Gasteiger partial charge in [0.2, 0.25) is 0 Å². The van der Waals surface area contributed by atoms with E-state index in [1.807, 2.05) is 6.07 Å². The topological polar surface area (TPSA) is 75.1 Å². The van der Waals surface area contributed by atoms with E-state index in [0.29, 0.717) is 13.2 Å². The first-order chi connectivity index (χ1) is 14.2. The summed E-state index contributed by atoms with van der Waals surface area (Å²) in [4.78, 5) is 4.88. The zero-order chi connectivity index (χ0) is 20.6. The lowest BCUT2D eigenvalue weighted by Crippen LogP contribution is -2.45. The van der Waals surface area contributed by atoms with Gasteiger partial charge in [-0.3, -0.25) is 4.99 Å². The van der Waals surface area contributed by atoms with Gasteiger partial charge in [-0.1, -0.05) is 25.0 Å². The molecular formula is C23H37N3O3. The third-order valence-corrected chi connectivity index (χ3v) is 6.58. The average Bonchev–Trinajstić information content (AvgIpc) is 3.41. The smallest absolute Gasteiger partial charge is 0.191 e. The molecule has 0 radical (unpaired) electrons. The number of methoxy groups -OCH3 is 1. The van der Waals surface area contributed by atoms with Gasteiger partial charge in [0.05, 0.1) is 20.3 Å². The number of benzene rings is 1. The number of rotatable bonds is 9. The van der Waals surface area contributed by atoms with Crippen molar-refractivity contribution in [3.05, 3.63) is 29.8 Å². The molecule has 1 unspecified atom stereocenters. The molecule has 6 heteroatoms. The summed E-state index contributed by atoms with van der Waals surface area (Å²) >= 11 is 0. The molecule has 1 atom stereocenters. The van der Waals surface area contributed by atoms with Crippen LogP contribution in [0, 0.1) is 5.41 Å².